The summed E-state index contributed by atoms with van der Waals surface area (Å²) in [6.07, 6.45) is 3.68. The molecule has 0 spiro atoms. The fraction of sp³-hybridized carbons (Fsp3) is 0.429. The number of benzene rings is 2. The molecular weight excluding hydrogens is 360 g/mol. The summed E-state index contributed by atoms with van der Waals surface area (Å²) in [5.74, 6) is 0.421. The van der Waals surface area contributed by atoms with Crippen LogP contribution in [0.25, 0.3) is 11.1 Å². The summed E-state index contributed by atoms with van der Waals surface area (Å²) in [5.41, 5.74) is 3.36. The number of sulfonamides is 1. The van der Waals surface area contributed by atoms with Crippen LogP contribution in [0.1, 0.15) is 25.3 Å². The number of rotatable bonds is 4. The molecular formula is C21H26N2O3S. The van der Waals surface area contributed by atoms with Gasteiger partial charge in [-0.25, -0.2) is 13.1 Å². The first kappa shape index (κ1) is 18.5. The molecule has 6 heteroatoms. The van der Waals surface area contributed by atoms with E-state index < -0.39 is 10.0 Å². The largest absolute Gasteiger partial charge is 0.491 e. The lowest BCUT2D eigenvalue weighted by molar-refractivity contribution is 0.272. The van der Waals surface area contributed by atoms with Crippen molar-refractivity contribution in [2.75, 3.05) is 26.2 Å². The monoisotopic (exact) mass is 386 g/mol. The van der Waals surface area contributed by atoms with E-state index in [1.165, 1.54) is 24.9 Å². The summed E-state index contributed by atoms with van der Waals surface area (Å²) in [5, 5.41) is 0. The first-order valence-electron chi connectivity index (χ1n) is 9.63. The maximum atomic E-state index is 12.2. The molecule has 0 bridgehead atoms. The molecule has 4 rings (SSSR count). The molecule has 144 valence electrons. The van der Waals surface area contributed by atoms with Gasteiger partial charge in [0.25, 0.3) is 0 Å². The summed E-state index contributed by atoms with van der Waals surface area (Å²) in [7, 11) is -3.48. The third-order valence-corrected chi connectivity index (χ3v) is 7.05. The van der Waals surface area contributed by atoms with E-state index in [4.69, 9.17) is 4.74 Å². The average molecular weight is 387 g/mol. The van der Waals surface area contributed by atoms with Gasteiger partial charge >= 0.3 is 0 Å². The minimum Gasteiger partial charge on any atom is -0.491 e. The highest BCUT2D eigenvalue weighted by Crippen LogP contribution is 2.31. The minimum atomic E-state index is -3.48. The number of ether oxygens (including phenoxy) is 1. The zero-order valence-electron chi connectivity index (χ0n) is 15.6. The van der Waals surface area contributed by atoms with Crippen molar-refractivity contribution in [3.8, 4) is 16.9 Å². The lowest BCUT2D eigenvalue weighted by atomic mass is 10.0. The van der Waals surface area contributed by atoms with Crippen LogP contribution in [-0.4, -0.2) is 45.6 Å². The van der Waals surface area contributed by atoms with E-state index in [1.807, 2.05) is 12.1 Å². The Balaban J connectivity index is 1.50. The molecule has 0 aliphatic carbocycles. The molecule has 1 saturated heterocycles. The fourth-order valence-corrected chi connectivity index (χ4v) is 5.04. The number of nitrogens with one attached hydrogen (secondary N) is 1. The Morgan fingerprint density at radius 2 is 1.93 bits per heavy atom. The molecule has 27 heavy (non-hydrogen) atoms. The number of fused-ring (bicyclic) bond motifs is 1. The highest BCUT2D eigenvalue weighted by molar-refractivity contribution is 7.89. The van der Waals surface area contributed by atoms with Gasteiger partial charge in [0, 0.05) is 19.1 Å². The second-order valence-electron chi connectivity index (χ2n) is 7.38. The van der Waals surface area contributed by atoms with Crippen molar-refractivity contribution in [2.45, 2.75) is 37.1 Å². The van der Waals surface area contributed by atoms with Crippen LogP contribution in [-0.2, 0) is 16.4 Å². The summed E-state index contributed by atoms with van der Waals surface area (Å²) in [4.78, 5) is 2.77. The van der Waals surface area contributed by atoms with E-state index in [2.05, 4.69) is 40.8 Å². The van der Waals surface area contributed by atoms with E-state index in [0.29, 0.717) is 18.4 Å². The van der Waals surface area contributed by atoms with Crippen LogP contribution in [0.15, 0.2) is 47.4 Å². The number of hydrogen-bond acceptors (Lipinski definition) is 4. The minimum absolute atomic E-state index is 0.208. The van der Waals surface area contributed by atoms with Crippen LogP contribution in [0.2, 0.25) is 0 Å². The normalized spacial score (nSPS) is 22.0. The van der Waals surface area contributed by atoms with Gasteiger partial charge in [0.1, 0.15) is 17.3 Å². The molecule has 1 fully saturated rings. The van der Waals surface area contributed by atoms with Gasteiger partial charge in [-0.3, -0.25) is 0 Å². The van der Waals surface area contributed by atoms with Crippen molar-refractivity contribution < 1.29 is 13.2 Å². The van der Waals surface area contributed by atoms with Crippen molar-refractivity contribution >= 4 is 10.0 Å². The molecule has 1 N–H and O–H groups in total. The summed E-state index contributed by atoms with van der Waals surface area (Å²) >= 11 is 0. The average Bonchev–Trinajstić information content (AvgIpc) is 3.01. The third kappa shape index (κ3) is 4.03. The van der Waals surface area contributed by atoms with Crippen molar-refractivity contribution in [2.24, 2.45) is 0 Å². The van der Waals surface area contributed by atoms with Gasteiger partial charge in [0.15, 0.2) is 0 Å². The third-order valence-electron chi connectivity index (χ3n) is 5.55. The van der Waals surface area contributed by atoms with Crippen LogP contribution in [0, 0.1) is 0 Å². The van der Waals surface area contributed by atoms with Gasteiger partial charge in [0.2, 0.25) is 10.0 Å². The Kier molecular flexibility index (Phi) is 5.21. The molecule has 0 amide bonds. The Morgan fingerprint density at radius 3 is 2.67 bits per heavy atom. The Hall–Kier alpha value is -1.89. The molecule has 1 atom stereocenters. The second kappa shape index (κ2) is 7.62. The first-order chi connectivity index (χ1) is 13.0. The smallest absolute Gasteiger partial charge is 0.244 e. The molecule has 0 aromatic heterocycles. The second-order valence-corrected chi connectivity index (χ2v) is 9.12. The Labute approximate surface area is 161 Å². The van der Waals surface area contributed by atoms with E-state index in [0.717, 1.165) is 24.1 Å². The van der Waals surface area contributed by atoms with E-state index in [-0.39, 0.29) is 11.4 Å². The van der Waals surface area contributed by atoms with Crippen molar-refractivity contribution in [3.05, 3.63) is 48.0 Å². The zero-order valence-corrected chi connectivity index (χ0v) is 16.5. The predicted octanol–water partition coefficient (Wildman–Crippen LogP) is 3.05. The molecule has 2 aliphatic heterocycles. The SMILES string of the molecule is CC1CCCN1CCc1ccc(-c2ccc3c(c2)OCCNS3(=O)=O)cc1. The molecule has 2 aliphatic rings. The van der Waals surface area contributed by atoms with Crippen molar-refractivity contribution in [3.63, 3.8) is 0 Å². The van der Waals surface area contributed by atoms with E-state index >= 15 is 0 Å². The van der Waals surface area contributed by atoms with Crippen LogP contribution in [0.3, 0.4) is 0 Å². The molecule has 0 radical (unpaired) electrons. The summed E-state index contributed by atoms with van der Waals surface area (Å²) in [6, 6.07) is 14.5. The lowest BCUT2D eigenvalue weighted by Crippen LogP contribution is -2.28. The van der Waals surface area contributed by atoms with Gasteiger partial charge in [0.05, 0.1) is 0 Å². The highest BCUT2D eigenvalue weighted by Gasteiger charge is 2.23. The maximum absolute atomic E-state index is 12.2. The van der Waals surface area contributed by atoms with Gasteiger partial charge < -0.3 is 9.64 Å². The molecule has 1 unspecified atom stereocenters. The lowest BCUT2D eigenvalue weighted by Gasteiger charge is -2.20. The Bertz CT molecular complexity index is 910. The van der Waals surface area contributed by atoms with Gasteiger partial charge in [-0.1, -0.05) is 30.3 Å². The Morgan fingerprint density at radius 1 is 1.15 bits per heavy atom. The van der Waals surface area contributed by atoms with Gasteiger partial charge in [-0.15, -0.1) is 0 Å². The molecule has 2 heterocycles. The van der Waals surface area contributed by atoms with Gasteiger partial charge in [-0.2, -0.15) is 0 Å². The van der Waals surface area contributed by atoms with E-state index in [9.17, 15) is 8.42 Å². The maximum Gasteiger partial charge on any atom is 0.244 e. The predicted molar refractivity (Wildman–Crippen MR) is 107 cm³/mol. The van der Waals surface area contributed by atoms with Crippen LogP contribution >= 0.6 is 0 Å². The quantitative estimate of drug-likeness (QED) is 0.877. The number of nitrogens with zero attached hydrogens (tertiary/aromatic N) is 1. The van der Waals surface area contributed by atoms with Crippen molar-refractivity contribution in [1.29, 1.82) is 0 Å². The molecule has 5 nitrogen and oxygen atoms in total. The van der Waals surface area contributed by atoms with E-state index in [1.54, 1.807) is 6.07 Å². The fourth-order valence-electron chi connectivity index (χ4n) is 3.90. The highest BCUT2D eigenvalue weighted by atomic mass is 32.2. The molecule has 2 aromatic carbocycles. The molecule has 2 aromatic rings. The number of hydrogen-bond donors (Lipinski definition) is 1. The van der Waals surface area contributed by atoms with Crippen LogP contribution < -0.4 is 9.46 Å². The van der Waals surface area contributed by atoms with Crippen LogP contribution in [0.4, 0.5) is 0 Å². The number of likely N-dealkylation sites (tertiary alicyclic amines) is 1. The molecule has 0 saturated carbocycles. The summed E-state index contributed by atoms with van der Waals surface area (Å²) < 4.78 is 32.5. The topological polar surface area (TPSA) is 58.6 Å². The zero-order chi connectivity index (χ0) is 18.9. The first-order valence-corrected chi connectivity index (χ1v) is 11.1. The summed E-state index contributed by atoms with van der Waals surface area (Å²) in [6.45, 7) is 5.26. The standard InChI is InChI=1S/C21H26N2O3S/c1-16-3-2-12-23(16)13-10-17-4-6-18(7-5-17)19-8-9-21-20(15-19)26-14-11-22-27(21,24)25/h4-9,15-16,22H,2-3,10-14H2,1H3. The van der Waals surface area contributed by atoms with Gasteiger partial charge in [-0.05, 0) is 61.6 Å². The van der Waals surface area contributed by atoms with Crippen molar-refractivity contribution in [1.82, 2.24) is 9.62 Å². The van der Waals surface area contributed by atoms with Crippen LogP contribution in [0.5, 0.6) is 5.75 Å².